The second-order valence-corrected chi connectivity index (χ2v) is 7.95. The fourth-order valence-corrected chi connectivity index (χ4v) is 4.40. The first kappa shape index (κ1) is 18.5. The van der Waals surface area contributed by atoms with Crippen LogP contribution in [-0.2, 0) is 6.54 Å². The summed E-state index contributed by atoms with van der Waals surface area (Å²) >= 11 is 1.35. The van der Waals surface area contributed by atoms with Crippen molar-refractivity contribution in [2.75, 3.05) is 6.54 Å². The Labute approximate surface area is 166 Å². The highest BCUT2D eigenvalue weighted by Crippen LogP contribution is 2.32. The molecule has 5 nitrogen and oxygen atoms in total. The summed E-state index contributed by atoms with van der Waals surface area (Å²) in [4.78, 5) is 28.0. The molecule has 0 radical (unpaired) electrons. The van der Waals surface area contributed by atoms with Gasteiger partial charge in [-0.15, -0.1) is 11.3 Å². The summed E-state index contributed by atoms with van der Waals surface area (Å²) in [6, 6.07) is 11.0. The van der Waals surface area contributed by atoms with Gasteiger partial charge in [0, 0.05) is 11.9 Å². The van der Waals surface area contributed by atoms with Gasteiger partial charge in [0.1, 0.15) is 11.3 Å². The van der Waals surface area contributed by atoms with E-state index in [0.717, 1.165) is 34.3 Å². The average Bonchev–Trinajstić information content (AvgIpc) is 3.35. The predicted molar refractivity (Wildman–Crippen MR) is 111 cm³/mol. The SMILES string of the molecule is CCCCN(Cc1ccco1)C(=O)c1cc2c(=O)oc3ccc(C)cc3c2s1. The van der Waals surface area contributed by atoms with Crippen LogP contribution in [0.15, 0.2) is 56.3 Å². The second-order valence-electron chi connectivity index (χ2n) is 6.90. The lowest BCUT2D eigenvalue weighted by Gasteiger charge is -2.20. The minimum absolute atomic E-state index is 0.0914. The van der Waals surface area contributed by atoms with Gasteiger partial charge < -0.3 is 13.7 Å². The van der Waals surface area contributed by atoms with Crippen molar-refractivity contribution in [3.8, 4) is 0 Å². The van der Waals surface area contributed by atoms with Crippen molar-refractivity contribution in [2.24, 2.45) is 0 Å². The molecule has 3 aromatic heterocycles. The molecule has 0 saturated carbocycles. The largest absolute Gasteiger partial charge is 0.467 e. The number of furan rings is 1. The summed E-state index contributed by atoms with van der Waals surface area (Å²) in [5.41, 5.74) is 1.21. The van der Waals surface area contributed by atoms with Gasteiger partial charge in [-0.1, -0.05) is 25.0 Å². The smallest absolute Gasteiger partial charge is 0.345 e. The normalized spacial score (nSPS) is 11.4. The number of nitrogens with zero attached hydrogens (tertiary/aromatic N) is 1. The Balaban J connectivity index is 1.76. The summed E-state index contributed by atoms with van der Waals surface area (Å²) in [6.45, 7) is 5.13. The molecule has 0 aliphatic rings. The minimum atomic E-state index is -0.409. The van der Waals surface area contributed by atoms with Crippen LogP contribution >= 0.6 is 11.3 Å². The molecule has 4 rings (SSSR count). The van der Waals surface area contributed by atoms with Crippen LogP contribution in [-0.4, -0.2) is 17.4 Å². The van der Waals surface area contributed by atoms with Crippen LogP contribution in [0.4, 0.5) is 0 Å². The fraction of sp³-hybridized carbons (Fsp3) is 0.273. The highest BCUT2D eigenvalue weighted by atomic mass is 32.1. The number of carbonyl (C=O) groups is 1. The van der Waals surface area contributed by atoms with Crippen molar-refractivity contribution in [1.82, 2.24) is 4.90 Å². The molecular formula is C22H21NO4S. The van der Waals surface area contributed by atoms with Crippen molar-refractivity contribution in [3.05, 3.63) is 69.3 Å². The van der Waals surface area contributed by atoms with Crippen molar-refractivity contribution in [2.45, 2.75) is 33.2 Å². The van der Waals surface area contributed by atoms with E-state index >= 15 is 0 Å². The minimum Gasteiger partial charge on any atom is -0.467 e. The molecule has 1 aromatic carbocycles. The highest BCUT2D eigenvalue weighted by Gasteiger charge is 2.21. The zero-order chi connectivity index (χ0) is 19.7. The van der Waals surface area contributed by atoms with Gasteiger partial charge in [-0.2, -0.15) is 0 Å². The molecule has 3 heterocycles. The Hall–Kier alpha value is -2.86. The first-order valence-electron chi connectivity index (χ1n) is 9.35. The number of amides is 1. The molecule has 0 aliphatic heterocycles. The summed E-state index contributed by atoms with van der Waals surface area (Å²) < 4.78 is 11.7. The van der Waals surface area contributed by atoms with E-state index in [4.69, 9.17) is 8.83 Å². The number of aryl methyl sites for hydroxylation is 1. The quantitative estimate of drug-likeness (QED) is 0.413. The topological polar surface area (TPSA) is 63.7 Å². The molecule has 0 bridgehead atoms. The first-order chi connectivity index (χ1) is 13.6. The van der Waals surface area contributed by atoms with Crippen LogP contribution < -0.4 is 5.63 Å². The molecule has 0 spiro atoms. The molecule has 4 aromatic rings. The zero-order valence-corrected chi connectivity index (χ0v) is 16.7. The maximum atomic E-state index is 13.2. The third-order valence-corrected chi connectivity index (χ3v) is 5.90. The van der Waals surface area contributed by atoms with E-state index in [9.17, 15) is 9.59 Å². The molecular weight excluding hydrogens is 374 g/mol. The molecule has 0 saturated heterocycles. The third-order valence-electron chi connectivity index (χ3n) is 4.74. The van der Waals surface area contributed by atoms with E-state index in [1.54, 1.807) is 23.3 Å². The van der Waals surface area contributed by atoms with Crippen LogP contribution in [0.2, 0.25) is 0 Å². The van der Waals surface area contributed by atoms with Gasteiger partial charge >= 0.3 is 5.63 Å². The van der Waals surface area contributed by atoms with E-state index < -0.39 is 5.63 Å². The molecule has 0 N–H and O–H groups in total. The molecule has 0 unspecified atom stereocenters. The lowest BCUT2D eigenvalue weighted by molar-refractivity contribution is 0.0734. The predicted octanol–water partition coefficient (Wildman–Crippen LogP) is 5.35. The summed E-state index contributed by atoms with van der Waals surface area (Å²) in [5.74, 6) is 0.650. The zero-order valence-electron chi connectivity index (χ0n) is 15.9. The highest BCUT2D eigenvalue weighted by molar-refractivity contribution is 7.21. The number of hydrogen-bond donors (Lipinski definition) is 0. The Morgan fingerprint density at radius 3 is 2.79 bits per heavy atom. The van der Waals surface area contributed by atoms with Gasteiger partial charge in [-0.25, -0.2) is 4.79 Å². The Morgan fingerprint density at radius 1 is 1.18 bits per heavy atom. The van der Waals surface area contributed by atoms with Gasteiger partial charge in [0.25, 0.3) is 5.91 Å². The number of thiophene rings is 1. The molecule has 1 amide bonds. The van der Waals surface area contributed by atoms with Crippen molar-refractivity contribution >= 4 is 38.3 Å². The summed E-state index contributed by atoms with van der Waals surface area (Å²) in [6.07, 6.45) is 3.50. The van der Waals surface area contributed by atoms with E-state index in [1.165, 1.54) is 11.3 Å². The fourth-order valence-electron chi connectivity index (χ4n) is 3.26. The van der Waals surface area contributed by atoms with Gasteiger partial charge in [-0.3, -0.25) is 4.79 Å². The van der Waals surface area contributed by atoms with Crippen LogP contribution in [0.3, 0.4) is 0 Å². The Kier molecular flexibility index (Phi) is 5.05. The maximum Gasteiger partial charge on any atom is 0.345 e. The van der Waals surface area contributed by atoms with Gasteiger partial charge in [0.15, 0.2) is 0 Å². The lowest BCUT2D eigenvalue weighted by Crippen LogP contribution is -2.30. The van der Waals surface area contributed by atoms with Crippen LogP contribution in [0.1, 0.15) is 40.8 Å². The maximum absolute atomic E-state index is 13.2. The van der Waals surface area contributed by atoms with Gasteiger partial charge in [0.05, 0.1) is 27.8 Å². The van der Waals surface area contributed by atoms with Crippen molar-refractivity contribution < 1.29 is 13.6 Å². The molecule has 6 heteroatoms. The molecule has 0 atom stereocenters. The van der Waals surface area contributed by atoms with Crippen molar-refractivity contribution in [3.63, 3.8) is 0 Å². The van der Waals surface area contributed by atoms with Gasteiger partial charge in [-0.05, 0) is 43.7 Å². The van der Waals surface area contributed by atoms with Crippen LogP contribution in [0.25, 0.3) is 21.1 Å². The average molecular weight is 395 g/mol. The Bertz CT molecular complexity index is 1190. The van der Waals surface area contributed by atoms with Crippen molar-refractivity contribution in [1.29, 1.82) is 0 Å². The number of unbranched alkanes of at least 4 members (excludes halogenated alkanes) is 1. The molecule has 0 aliphatic carbocycles. The van der Waals surface area contributed by atoms with E-state index in [-0.39, 0.29) is 5.91 Å². The summed E-state index contributed by atoms with van der Waals surface area (Å²) in [7, 11) is 0. The third kappa shape index (κ3) is 3.47. The molecule has 28 heavy (non-hydrogen) atoms. The monoisotopic (exact) mass is 395 g/mol. The number of hydrogen-bond acceptors (Lipinski definition) is 5. The Morgan fingerprint density at radius 2 is 2.04 bits per heavy atom. The lowest BCUT2D eigenvalue weighted by atomic mass is 10.1. The van der Waals surface area contributed by atoms with E-state index in [0.29, 0.717) is 28.9 Å². The number of fused-ring (bicyclic) bond motifs is 3. The first-order valence-corrected chi connectivity index (χ1v) is 10.2. The second kappa shape index (κ2) is 7.64. The molecule has 0 fully saturated rings. The number of rotatable bonds is 6. The van der Waals surface area contributed by atoms with Crippen LogP contribution in [0, 0.1) is 6.92 Å². The standard InChI is InChI=1S/C22H21NO4S/c1-3-4-9-23(13-15-6-5-10-26-15)21(24)19-12-17-20(28-19)16-11-14(2)7-8-18(16)27-22(17)25/h5-8,10-12H,3-4,9,13H2,1-2H3. The van der Waals surface area contributed by atoms with Gasteiger partial charge in [0.2, 0.25) is 0 Å². The summed E-state index contributed by atoms with van der Waals surface area (Å²) in [5, 5.41) is 1.32. The van der Waals surface area contributed by atoms with E-state index in [1.807, 2.05) is 31.2 Å². The molecule has 144 valence electrons. The van der Waals surface area contributed by atoms with E-state index in [2.05, 4.69) is 6.92 Å². The number of carbonyl (C=O) groups excluding carboxylic acids is 1. The van der Waals surface area contributed by atoms with Crippen LogP contribution in [0.5, 0.6) is 0 Å². The number of benzene rings is 1.